The number of aliphatic hydroxyl groups excluding tert-OH is 1. The average molecular weight is 742 g/mol. The number of aromatic nitrogens is 5. The van der Waals surface area contributed by atoms with Crippen molar-refractivity contribution in [2.75, 3.05) is 40.8 Å². The number of amides is 1. The van der Waals surface area contributed by atoms with Crippen LogP contribution < -0.4 is 19.5 Å². The molecule has 3 N–H and O–H groups in total. The number of carbonyl (C=O) groups is 2. The molecule has 0 spiro atoms. The topological polar surface area (TPSA) is 193 Å². The SMILES string of the molecule is COCC(C)(C)C(=O)OCOc1nc(C(Cc2ccc(C(=N)NC(=O)c3ccccc3)cc2)c2cc(OC)cc(OCCO)c2F)nn1-c1ncccn1. The zero-order valence-electron chi connectivity index (χ0n) is 30.1. The summed E-state index contributed by atoms with van der Waals surface area (Å²) in [5.74, 6) is -2.49. The Morgan fingerprint density at radius 3 is 2.37 bits per heavy atom. The quantitative estimate of drug-likeness (QED) is 0.0532. The predicted octanol–water partition coefficient (Wildman–Crippen LogP) is 4.26. The van der Waals surface area contributed by atoms with E-state index in [1.165, 1.54) is 43.4 Å². The minimum atomic E-state index is -0.953. The lowest BCUT2D eigenvalue weighted by molar-refractivity contribution is -0.163. The summed E-state index contributed by atoms with van der Waals surface area (Å²) in [7, 11) is 2.90. The molecule has 0 radical (unpaired) electrons. The summed E-state index contributed by atoms with van der Waals surface area (Å²) >= 11 is 0. The van der Waals surface area contributed by atoms with Crippen molar-refractivity contribution in [3.05, 3.63) is 119 Å². The largest absolute Gasteiger partial charge is 0.497 e. The summed E-state index contributed by atoms with van der Waals surface area (Å²) < 4.78 is 44.9. The van der Waals surface area contributed by atoms with Gasteiger partial charge in [-0.25, -0.2) is 14.4 Å². The fourth-order valence-electron chi connectivity index (χ4n) is 5.29. The number of rotatable bonds is 17. The van der Waals surface area contributed by atoms with Crippen LogP contribution in [0, 0.1) is 16.6 Å². The first-order valence-corrected chi connectivity index (χ1v) is 16.7. The number of aliphatic hydroxyl groups is 1. The van der Waals surface area contributed by atoms with Crippen LogP contribution in [0.3, 0.4) is 0 Å². The lowest BCUT2D eigenvalue weighted by Crippen LogP contribution is -2.32. The monoisotopic (exact) mass is 741 g/mol. The van der Waals surface area contributed by atoms with Crippen molar-refractivity contribution in [2.24, 2.45) is 5.41 Å². The number of nitrogens with one attached hydrogen (secondary N) is 2. The summed E-state index contributed by atoms with van der Waals surface area (Å²) in [6, 6.07) is 19.7. The maximum absolute atomic E-state index is 16.4. The molecule has 0 bridgehead atoms. The van der Waals surface area contributed by atoms with Gasteiger partial charge in [-0.2, -0.15) is 4.98 Å². The van der Waals surface area contributed by atoms with Gasteiger partial charge >= 0.3 is 12.0 Å². The second kappa shape index (κ2) is 18.0. The molecular weight excluding hydrogens is 701 g/mol. The highest BCUT2D eigenvalue weighted by molar-refractivity contribution is 6.11. The van der Waals surface area contributed by atoms with E-state index in [9.17, 15) is 14.7 Å². The van der Waals surface area contributed by atoms with Gasteiger partial charge in [-0.15, -0.1) is 9.78 Å². The van der Waals surface area contributed by atoms with Gasteiger partial charge in [0, 0.05) is 42.3 Å². The molecule has 2 aromatic heterocycles. The summed E-state index contributed by atoms with van der Waals surface area (Å²) in [6.07, 6.45) is 3.10. The number of hydrogen-bond donors (Lipinski definition) is 3. The number of hydrogen-bond acceptors (Lipinski definition) is 13. The molecule has 1 atom stereocenters. The van der Waals surface area contributed by atoms with Gasteiger partial charge in [0.2, 0.25) is 6.79 Å². The summed E-state index contributed by atoms with van der Waals surface area (Å²) in [6.45, 7) is 2.39. The smallest absolute Gasteiger partial charge is 0.325 e. The van der Waals surface area contributed by atoms with Gasteiger partial charge in [0.15, 0.2) is 17.4 Å². The van der Waals surface area contributed by atoms with E-state index in [-0.39, 0.29) is 66.9 Å². The first-order chi connectivity index (χ1) is 26.0. The Hall–Kier alpha value is -6.26. The fourth-order valence-corrected chi connectivity index (χ4v) is 5.29. The van der Waals surface area contributed by atoms with Gasteiger partial charge in [0.1, 0.15) is 18.2 Å². The van der Waals surface area contributed by atoms with Crippen LogP contribution in [0.4, 0.5) is 4.39 Å². The maximum atomic E-state index is 16.4. The molecule has 0 fully saturated rings. The second-order valence-electron chi connectivity index (χ2n) is 12.5. The van der Waals surface area contributed by atoms with E-state index in [0.29, 0.717) is 16.7 Å². The zero-order chi connectivity index (χ0) is 38.7. The van der Waals surface area contributed by atoms with E-state index in [0.717, 1.165) is 0 Å². The van der Waals surface area contributed by atoms with Crippen molar-refractivity contribution in [3.8, 4) is 23.5 Å². The molecule has 5 aromatic rings. The molecule has 1 unspecified atom stereocenters. The zero-order valence-corrected chi connectivity index (χ0v) is 30.1. The molecule has 0 saturated carbocycles. The third-order valence-corrected chi connectivity index (χ3v) is 8.04. The van der Waals surface area contributed by atoms with E-state index in [2.05, 4.69) is 25.4 Å². The van der Waals surface area contributed by atoms with Crippen LogP contribution >= 0.6 is 0 Å². The Morgan fingerprint density at radius 2 is 1.70 bits per heavy atom. The lowest BCUT2D eigenvalue weighted by Gasteiger charge is -2.21. The van der Waals surface area contributed by atoms with Crippen molar-refractivity contribution >= 4 is 17.7 Å². The van der Waals surface area contributed by atoms with Gasteiger partial charge in [-0.05, 0) is 50.1 Å². The number of esters is 1. The second-order valence-corrected chi connectivity index (χ2v) is 12.5. The minimum absolute atomic E-state index is 0.0783. The summed E-state index contributed by atoms with van der Waals surface area (Å²) in [5, 5.41) is 25.1. The van der Waals surface area contributed by atoms with Crippen LogP contribution in [0.5, 0.6) is 17.5 Å². The van der Waals surface area contributed by atoms with E-state index < -0.39 is 35.8 Å². The Bertz CT molecular complexity index is 2040. The molecule has 0 aliphatic carbocycles. The minimum Gasteiger partial charge on any atom is -0.497 e. The number of carbonyl (C=O) groups excluding carboxylic acids is 2. The van der Waals surface area contributed by atoms with Crippen molar-refractivity contribution in [1.29, 1.82) is 5.41 Å². The van der Waals surface area contributed by atoms with Crippen LogP contribution in [-0.2, 0) is 20.7 Å². The molecule has 2 heterocycles. The Kier molecular flexibility index (Phi) is 13.0. The van der Waals surface area contributed by atoms with E-state index in [1.54, 1.807) is 74.5 Å². The average Bonchev–Trinajstić information content (AvgIpc) is 3.61. The normalized spacial score (nSPS) is 11.7. The molecule has 16 heteroatoms. The maximum Gasteiger partial charge on any atom is 0.325 e. The van der Waals surface area contributed by atoms with Crippen molar-refractivity contribution in [3.63, 3.8) is 0 Å². The van der Waals surface area contributed by atoms with Crippen LogP contribution in [0.1, 0.15) is 52.6 Å². The van der Waals surface area contributed by atoms with Crippen molar-refractivity contribution < 1.29 is 42.8 Å². The Morgan fingerprint density at radius 1 is 0.981 bits per heavy atom. The van der Waals surface area contributed by atoms with Crippen LogP contribution in [0.15, 0.2) is 85.2 Å². The molecule has 0 saturated heterocycles. The third kappa shape index (κ3) is 9.58. The Labute approximate surface area is 310 Å². The van der Waals surface area contributed by atoms with Crippen LogP contribution in [0.2, 0.25) is 0 Å². The first-order valence-electron chi connectivity index (χ1n) is 16.7. The molecule has 5 rings (SSSR count). The summed E-state index contributed by atoms with van der Waals surface area (Å²) in [4.78, 5) is 38.5. The fraction of sp³-hybridized carbons (Fsp3) is 0.289. The molecule has 15 nitrogen and oxygen atoms in total. The lowest BCUT2D eigenvalue weighted by atomic mass is 9.90. The van der Waals surface area contributed by atoms with Gasteiger partial charge in [-0.3, -0.25) is 15.0 Å². The molecule has 0 aliphatic heterocycles. The molecule has 54 heavy (non-hydrogen) atoms. The predicted molar refractivity (Wildman–Crippen MR) is 192 cm³/mol. The molecule has 1 amide bonds. The molecule has 0 aliphatic rings. The molecule has 282 valence electrons. The van der Waals surface area contributed by atoms with Gasteiger partial charge in [-0.1, -0.05) is 42.5 Å². The molecule has 3 aromatic carbocycles. The number of benzene rings is 3. The molecular formula is C38H40FN7O8. The van der Waals surface area contributed by atoms with Crippen molar-refractivity contribution in [2.45, 2.75) is 26.2 Å². The van der Waals surface area contributed by atoms with E-state index >= 15 is 4.39 Å². The number of methoxy groups -OCH3 is 2. The Balaban J connectivity index is 1.51. The van der Waals surface area contributed by atoms with Crippen LogP contribution in [-0.4, -0.2) is 88.4 Å². The third-order valence-electron chi connectivity index (χ3n) is 8.04. The number of halogens is 1. The van der Waals surface area contributed by atoms with Gasteiger partial charge < -0.3 is 34.1 Å². The van der Waals surface area contributed by atoms with Crippen molar-refractivity contribution in [1.82, 2.24) is 30.0 Å². The van der Waals surface area contributed by atoms with E-state index in [4.69, 9.17) is 29.1 Å². The summed E-state index contributed by atoms with van der Waals surface area (Å²) in [5.41, 5.74) is 0.684. The highest BCUT2D eigenvalue weighted by Crippen LogP contribution is 2.37. The van der Waals surface area contributed by atoms with Gasteiger partial charge in [0.05, 0.1) is 31.7 Å². The first kappa shape index (κ1) is 39.0. The number of nitrogens with zero attached hydrogens (tertiary/aromatic N) is 5. The number of amidine groups is 1. The standard InChI is InChI=1S/C38H40FN7O8/c1-38(2,22-50-3)35(49)53-23-54-37-44-33(45-46(37)36-41-15-8-16-42-36)29(28-20-27(51-4)21-30(31(28)39)52-18-17-47)19-24-11-13-25(14-12-24)32(40)43-34(48)26-9-6-5-7-10-26/h5-16,20-21,29,47H,17-19,22-23H2,1-4H3,(H2,40,43,48). The van der Waals surface area contributed by atoms with Crippen LogP contribution in [0.25, 0.3) is 5.95 Å². The number of ether oxygens (including phenoxy) is 5. The highest BCUT2D eigenvalue weighted by Gasteiger charge is 2.31. The highest BCUT2D eigenvalue weighted by atomic mass is 19.1. The van der Waals surface area contributed by atoms with Gasteiger partial charge in [0.25, 0.3) is 11.9 Å². The van der Waals surface area contributed by atoms with E-state index in [1.807, 2.05) is 0 Å².